The summed E-state index contributed by atoms with van der Waals surface area (Å²) >= 11 is 0. The number of hydrogen-bond donors (Lipinski definition) is 5. The van der Waals surface area contributed by atoms with E-state index >= 15 is 0 Å². The maximum atomic E-state index is 12.6. The summed E-state index contributed by atoms with van der Waals surface area (Å²) in [6.07, 6.45) is 4.86. The van der Waals surface area contributed by atoms with E-state index in [1.165, 1.54) is 25.7 Å². The Bertz CT molecular complexity index is 724. The second-order valence-corrected chi connectivity index (χ2v) is 7.88. The van der Waals surface area contributed by atoms with Gasteiger partial charge in [0.05, 0.1) is 12.1 Å². The van der Waals surface area contributed by atoms with Gasteiger partial charge >= 0.3 is 0 Å². The highest BCUT2D eigenvalue weighted by molar-refractivity contribution is 5.81. The number of hydrogen-bond acceptors (Lipinski definition) is 8. The predicted octanol–water partition coefficient (Wildman–Crippen LogP) is 0.125. The number of carbonyl (C=O) groups excluding carboxylic acids is 1. The van der Waals surface area contributed by atoms with Crippen LogP contribution < -0.4 is 36.3 Å². The average molecular weight is 388 g/mol. The van der Waals surface area contributed by atoms with E-state index in [4.69, 9.17) is 9.47 Å². The second-order valence-electron chi connectivity index (χ2n) is 7.88. The lowest BCUT2D eigenvalue weighted by Crippen LogP contribution is -2.76. The summed E-state index contributed by atoms with van der Waals surface area (Å²) in [5.41, 5.74) is 6.70. The molecule has 1 aromatic rings. The van der Waals surface area contributed by atoms with Crippen LogP contribution in [-0.2, 0) is 4.79 Å². The number of rotatable bonds is 3. The minimum Gasteiger partial charge on any atom is -0.454 e. The predicted molar refractivity (Wildman–Crippen MR) is 103 cm³/mol. The van der Waals surface area contributed by atoms with Gasteiger partial charge in [-0.2, -0.15) is 0 Å². The van der Waals surface area contributed by atoms with Crippen molar-refractivity contribution in [1.29, 1.82) is 0 Å². The van der Waals surface area contributed by atoms with Gasteiger partial charge in [0.1, 0.15) is 6.29 Å². The summed E-state index contributed by atoms with van der Waals surface area (Å²) in [5, 5.41) is 10.8. The largest absolute Gasteiger partial charge is 0.454 e. The quantitative estimate of drug-likeness (QED) is 0.498. The van der Waals surface area contributed by atoms with Crippen LogP contribution in [0.4, 0.5) is 5.69 Å². The first-order valence-corrected chi connectivity index (χ1v) is 10.2. The van der Waals surface area contributed by atoms with E-state index in [-0.39, 0.29) is 37.1 Å². The van der Waals surface area contributed by atoms with E-state index < -0.39 is 0 Å². The summed E-state index contributed by atoms with van der Waals surface area (Å²) < 4.78 is 10.9. The van der Waals surface area contributed by atoms with E-state index in [0.29, 0.717) is 6.54 Å². The zero-order valence-corrected chi connectivity index (χ0v) is 15.9. The molecule has 5 N–H and O–H groups in total. The number of likely N-dealkylation sites (tertiary alicyclic amines) is 1. The third-order valence-corrected chi connectivity index (χ3v) is 6.04. The molecule has 3 fully saturated rings. The number of carbonyl (C=O) groups is 1. The molecule has 4 heterocycles. The van der Waals surface area contributed by atoms with E-state index in [1.54, 1.807) is 0 Å². The molecule has 0 saturated carbocycles. The molecule has 152 valence electrons. The van der Waals surface area contributed by atoms with Crippen molar-refractivity contribution < 1.29 is 14.3 Å². The maximum absolute atomic E-state index is 12.6. The molecule has 5 rings (SSSR count). The highest BCUT2D eigenvalue weighted by atomic mass is 16.7. The van der Waals surface area contributed by atoms with Crippen LogP contribution in [0.3, 0.4) is 0 Å². The molecule has 4 aliphatic rings. The van der Waals surface area contributed by atoms with Crippen molar-refractivity contribution in [2.75, 3.05) is 31.7 Å². The Hall–Kier alpha value is -2.07. The molecule has 4 unspecified atom stereocenters. The fraction of sp³-hybridized carbons (Fsp3) is 0.632. The molecule has 1 amide bonds. The summed E-state index contributed by atoms with van der Waals surface area (Å²) in [4.78, 5) is 15.1. The van der Waals surface area contributed by atoms with Gasteiger partial charge < -0.3 is 14.8 Å². The molecular formula is C19H28N6O3. The molecule has 1 aromatic carbocycles. The van der Waals surface area contributed by atoms with Crippen molar-refractivity contribution in [3.05, 3.63) is 18.2 Å². The van der Waals surface area contributed by atoms with E-state index in [0.717, 1.165) is 30.3 Å². The topological polar surface area (TPSA) is 98.9 Å². The van der Waals surface area contributed by atoms with Gasteiger partial charge in [0.2, 0.25) is 12.7 Å². The summed E-state index contributed by atoms with van der Waals surface area (Å²) in [6, 6.07) is 5.85. The summed E-state index contributed by atoms with van der Waals surface area (Å²) in [5.74, 6) is 1.25. The van der Waals surface area contributed by atoms with E-state index in [1.807, 2.05) is 18.2 Å². The molecule has 0 spiro atoms. The van der Waals surface area contributed by atoms with Crippen molar-refractivity contribution in [3.63, 3.8) is 0 Å². The minimum atomic E-state index is -0.227. The van der Waals surface area contributed by atoms with Crippen LogP contribution in [0.25, 0.3) is 0 Å². The normalized spacial score (nSPS) is 32.9. The molecule has 9 nitrogen and oxygen atoms in total. The number of anilines is 1. The van der Waals surface area contributed by atoms with Gasteiger partial charge in [0.25, 0.3) is 0 Å². The average Bonchev–Trinajstić information content (AvgIpc) is 2.99. The molecule has 0 radical (unpaired) electrons. The summed E-state index contributed by atoms with van der Waals surface area (Å²) in [7, 11) is 0. The highest BCUT2D eigenvalue weighted by Crippen LogP contribution is 2.35. The fourth-order valence-corrected chi connectivity index (χ4v) is 4.57. The van der Waals surface area contributed by atoms with Crippen molar-refractivity contribution in [2.24, 2.45) is 5.92 Å². The van der Waals surface area contributed by atoms with Crippen LogP contribution in [-0.4, -0.2) is 55.7 Å². The van der Waals surface area contributed by atoms with E-state index in [9.17, 15) is 4.79 Å². The molecule has 0 aliphatic carbocycles. The lowest BCUT2D eigenvalue weighted by Gasteiger charge is -2.48. The van der Waals surface area contributed by atoms with Gasteiger partial charge in [-0.15, -0.1) is 0 Å². The van der Waals surface area contributed by atoms with Crippen LogP contribution in [0.5, 0.6) is 11.5 Å². The number of nitrogens with one attached hydrogen (secondary N) is 5. The number of fused-ring (bicyclic) bond motifs is 2. The molecule has 4 atom stereocenters. The Labute approximate surface area is 164 Å². The molecule has 28 heavy (non-hydrogen) atoms. The van der Waals surface area contributed by atoms with Crippen molar-refractivity contribution in [3.8, 4) is 11.5 Å². The van der Waals surface area contributed by atoms with E-state index in [2.05, 4.69) is 31.7 Å². The minimum absolute atomic E-state index is 0.0104. The van der Waals surface area contributed by atoms with Crippen LogP contribution in [0, 0.1) is 5.92 Å². The molecule has 3 saturated heterocycles. The first-order valence-electron chi connectivity index (χ1n) is 10.2. The highest BCUT2D eigenvalue weighted by Gasteiger charge is 2.45. The lowest BCUT2D eigenvalue weighted by atomic mass is 9.91. The van der Waals surface area contributed by atoms with Crippen LogP contribution >= 0.6 is 0 Å². The Morgan fingerprint density at radius 2 is 1.86 bits per heavy atom. The van der Waals surface area contributed by atoms with Gasteiger partial charge in [-0.25, -0.2) is 5.43 Å². The third-order valence-electron chi connectivity index (χ3n) is 6.04. The standard InChI is InChI=1S/C19H28N6O3/c26-18-16-13(10-20-24-18)22-19(25-7-3-1-2-4-8-25)23-17(16)21-12-5-6-14-15(9-12)28-11-27-14/h5-6,9,13,16-17,19-23H,1-4,7-8,10-11H2,(H,24,26). The third kappa shape index (κ3) is 3.50. The van der Waals surface area contributed by atoms with Gasteiger partial charge in [-0.1, -0.05) is 12.8 Å². The van der Waals surface area contributed by atoms with Gasteiger partial charge in [-0.3, -0.25) is 25.8 Å². The number of benzene rings is 1. The Morgan fingerprint density at radius 3 is 2.71 bits per heavy atom. The van der Waals surface area contributed by atoms with Crippen molar-refractivity contribution in [2.45, 2.75) is 44.2 Å². The Morgan fingerprint density at radius 1 is 1.04 bits per heavy atom. The molecule has 4 aliphatic heterocycles. The SMILES string of the molecule is O=C1NNCC2NC(N3CCCCCC3)NC(Nc3ccc4c(c3)OCO4)C12. The number of nitrogens with zero attached hydrogens (tertiary/aromatic N) is 1. The summed E-state index contributed by atoms with van der Waals surface area (Å²) in [6.45, 7) is 3.08. The first-order chi connectivity index (χ1) is 13.8. The molecule has 9 heteroatoms. The van der Waals surface area contributed by atoms with Crippen molar-refractivity contribution in [1.82, 2.24) is 26.4 Å². The molecule has 0 aromatic heterocycles. The lowest BCUT2D eigenvalue weighted by molar-refractivity contribution is -0.132. The first kappa shape index (κ1) is 18.0. The zero-order valence-electron chi connectivity index (χ0n) is 15.9. The number of hydrazine groups is 1. The fourth-order valence-electron chi connectivity index (χ4n) is 4.57. The smallest absolute Gasteiger partial charge is 0.242 e. The second kappa shape index (κ2) is 7.75. The zero-order chi connectivity index (χ0) is 18.9. The van der Waals surface area contributed by atoms with Crippen molar-refractivity contribution >= 4 is 11.6 Å². The number of amides is 1. The van der Waals surface area contributed by atoms with Crippen LogP contribution in [0.2, 0.25) is 0 Å². The van der Waals surface area contributed by atoms with Gasteiger partial charge in [0, 0.05) is 37.4 Å². The molecule has 0 bridgehead atoms. The van der Waals surface area contributed by atoms with Crippen LogP contribution in [0.1, 0.15) is 25.7 Å². The van der Waals surface area contributed by atoms with Gasteiger partial charge in [-0.05, 0) is 25.0 Å². The Kier molecular flexibility index (Phi) is 4.98. The Balaban J connectivity index is 1.37. The number of ether oxygens (including phenoxy) is 2. The monoisotopic (exact) mass is 388 g/mol. The van der Waals surface area contributed by atoms with Crippen LogP contribution in [0.15, 0.2) is 18.2 Å². The molecular weight excluding hydrogens is 360 g/mol. The maximum Gasteiger partial charge on any atom is 0.242 e. The van der Waals surface area contributed by atoms with Gasteiger partial charge in [0.15, 0.2) is 11.5 Å².